The van der Waals surface area contributed by atoms with Gasteiger partial charge in [0.25, 0.3) is 0 Å². The third-order valence-electron chi connectivity index (χ3n) is 2.89. The first-order valence-corrected chi connectivity index (χ1v) is 6.52. The monoisotopic (exact) mass is 259 g/mol. The van der Waals surface area contributed by atoms with Crippen molar-refractivity contribution in [1.82, 2.24) is 14.7 Å². The fourth-order valence-electron chi connectivity index (χ4n) is 1.91. The van der Waals surface area contributed by atoms with Crippen molar-refractivity contribution in [2.75, 3.05) is 27.2 Å². The smallest absolute Gasteiger partial charge is 0.119 e. The summed E-state index contributed by atoms with van der Waals surface area (Å²) in [6.45, 7) is 1.79. The molecule has 1 aromatic carbocycles. The molecule has 19 heavy (non-hydrogen) atoms. The van der Waals surface area contributed by atoms with Gasteiger partial charge in [0, 0.05) is 25.4 Å². The Morgan fingerprint density at radius 2 is 2.11 bits per heavy atom. The van der Waals surface area contributed by atoms with E-state index in [4.69, 9.17) is 4.74 Å². The predicted molar refractivity (Wildman–Crippen MR) is 77.3 cm³/mol. The molecule has 1 heterocycles. The number of hydrogen-bond acceptors (Lipinski definition) is 3. The molecule has 102 valence electrons. The molecule has 1 aromatic heterocycles. The molecule has 0 bridgehead atoms. The van der Waals surface area contributed by atoms with E-state index in [0.717, 1.165) is 36.4 Å². The lowest BCUT2D eigenvalue weighted by atomic mass is 10.1. The zero-order chi connectivity index (χ0) is 13.7. The molecule has 4 heteroatoms. The van der Waals surface area contributed by atoms with E-state index in [2.05, 4.69) is 36.2 Å². The van der Waals surface area contributed by atoms with Crippen LogP contribution in [0.2, 0.25) is 0 Å². The molecule has 0 N–H and O–H groups in total. The predicted octanol–water partition coefficient (Wildman–Crippen LogP) is 2.42. The van der Waals surface area contributed by atoms with Gasteiger partial charge in [-0.3, -0.25) is 4.68 Å². The summed E-state index contributed by atoms with van der Waals surface area (Å²) < 4.78 is 7.58. The van der Waals surface area contributed by atoms with E-state index >= 15 is 0 Å². The number of aromatic nitrogens is 2. The standard InChI is InChI=1S/C15H21N3O/c1-17(2)8-5-9-19-15-7-4-6-13(10-15)14-11-16-18(3)12-14/h4,6-7,10-12H,5,8-9H2,1-3H3. The zero-order valence-electron chi connectivity index (χ0n) is 11.8. The van der Waals surface area contributed by atoms with Crippen molar-refractivity contribution in [3.8, 4) is 16.9 Å². The van der Waals surface area contributed by atoms with Crippen molar-refractivity contribution in [3.63, 3.8) is 0 Å². The molecule has 0 saturated carbocycles. The summed E-state index contributed by atoms with van der Waals surface area (Å²) in [6, 6.07) is 8.15. The highest BCUT2D eigenvalue weighted by Crippen LogP contribution is 2.23. The first-order valence-electron chi connectivity index (χ1n) is 6.52. The van der Waals surface area contributed by atoms with Crippen LogP contribution in [0.4, 0.5) is 0 Å². The van der Waals surface area contributed by atoms with Gasteiger partial charge in [-0.15, -0.1) is 0 Å². The topological polar surface area (TPSA) is 30.3 Å². The Morgan fingerprint density at radius 3 is 2.79 bits per heavy atom. The second kappa shape index (κ2) is 6.38. The van der Waals surface area contributed by atoms with Gasteiger partial charge < -0.3 is 9.64 Å². The van der Waals surface area contributed by atoms with Crippen LogP contribution in [0.3, 0.4) is 0 Å². The van der Waals surface area contributed by atoms with Crippen LogP contribution in [0.5, 0.6) is 5.75 Å². The van der Waals surface area contributed by atoms with Crippen molar-refractivity contribution in [3.05, 3.63) is 36.7 Å². The molecule has 4 nitrogen and oxygen atoms in total. The maximum Gasteiger partial charge on any atom is 0.119 e. The van der Waals surface area contributed by atoms with E-state index in [-0.39, 0.29) is 0 Å². The van der Waals surface area contributed by atoms with Gasteiger partial charge in [-0.25, -0.2) is 0 Å². The van der Waals surface area contributed by atoms with Crippen molar-refractivity contribution < 1.29 is 4.74 Å². The number of nitrogens with zero attached hydrogens (tertiary/aromatic N) is 3. The first kappa shape index (κ1) is 13.6. The summed E-state index contributed by atoms with van der Waals surface area (Å²) >= 11 is 0. The second-order valence-corrected chi connectivity index (χ2v) is 4.94. The Kier molecular flexibility index (Phi) is 4.58. The molecule has 0 atom stereocenters. The summed E-state index contributed by atoms with van der Waals surface area (Å²) in [5.74, 6) is 0.917. The molecule has 2 rings (SSSR count). The van der Waals surface area contributed by atoms with Crippen molar-refractivity contribution in [2.24, 2.45) is 7.05 Å². The largest absolute Gasteiger partial charge is 0.494 e. The van der Waals surface area contributed by atoms with Gasteiger partial charge in [0.15, 0.2) is 0 Å². The van der Waals surface area contributed by atoms with E-state index in [1.165, 1.54) is 0 Å². The Labute approximate surface area is 114 Å². The Morgan fingerprint density at radius 1 is 1.26 bits per heavy atom. The maximum absolute atomic E-state index is 5.77. The Bertz CT molecular complexity index is 520. The zero-order valence-corrected chi connectivity index (χ0v) is 11.8. The van der Waals surface area contributed by atoms with E-state index in [1.807, 2.05) is 31.6 Å². The minimum atomic E-state index is 0.745. The van der Waals surface area contributed by atoms with E-state index in [1.54, 1.807) is 4.68 Å². The molecular weight excluding hydrogens is 238 g/mol. The lowest BCUT2D eigenvalue weighted by Gasteiger charge is -2.10. The fourth-order valence-corrected chi connectivity index (χ4v) is 1.91. The lowest BCUT2D eigenvalue weighted by Crippen LogP contribution is -2.15. The molecule has 0 unspecified atom stereocenters. The minimum absolute atomic E-state index is 0.745. The average Bonchev–Trinajstić information content (AvgIpc) is 2.82. The van der Waals surface area contributed by atoms with Crippen molar-refractivity contribution >= 4 is 0 Å². The lowest BCUT2D eigenvalue weighted by molar-refractivity contribution is 0.281. The summed E-state index contributed by atoms with van der Waals surface area (Å²) in [7, 11) is 6.07. The van der Waals surface area contributed by atoms with E-state index in [9.17, 15) is 0 Å². The van der Waals surface area contributed by atoms with Gasteiger partial charge in [-0.2, -0.15) is 5.10 Å². The number of benzene rings is 1. The summed E-state index contributed by atoms with van der Waals surface area (Å²) in [5.41, 5.74) is 2.25. The van der Waals surface area contributed by atoms with Gasteiger partial charge in [-0.05, 0) is 38.2 Å². The molecule has 0 aliphatic carbocycles. The summed E-state index contributed by atoms with van der Waals surface area (Å²) in [5, 5.41) is 4.19. The van der Waals surface area contributed by atoms with Gasteiger partial charge in [0.05, 0.1) is 12.8 Å². The second-order valence-electron chi connectivity index (χ2n) is 4.94. The highest BCUT2D eigenvalue weighted by Gasteiger charge is 2.02. The van der Waals surface area contributed by atoms with Gasteiger partial charge in [0.2, 0.25) is 0 Å². The van der Waals surface area contributed by atoms with Gasteiger partial charge in [-0.1, -0.05) is 12.1 Å². The van der Waals surface area contributed by atoms with Crippen LogP contribution in [-0.4, -0.2) is 41.9 Å². The molecular formula is C15H21N3O. The number of rotatable bonds is 6. The molecule has 0 aliphatic rings. The van der Waals surface area contributed by atoms with E-state index < -0.39 is 0 Å². The fraction of sp³-hybridized carbons (Fsp3) is 0.400. The normalized spacial score (nSPS) is 10.9. The third kappa shape index (κ3) is 4.10. The highest BCUT2D eigenvalue weighted by atomic mass is 16.5. The quantitative estimate of drug-likeness (QED) is 0.746. The van der Waals surface area contributed by atoms with Crippen molar-refractivity contribution in [2.45, 2.75) is 6.42 Å². The van der Waals surface area contributed by atoms with Gasteiger partial charge >= 0.3 is 0 Å². The van der Waals surface area contributed by atoms with Crippen LogP contribution < -0.4 is 4.74 Å². The molecule has 0 saturated heterocycles. The number of hydrogen-bond donors (Lipinski definition) is 0. The van der Waals surface area contributed by atoms with Crippen LogP contribution >= 0.6 is 0 Å². The SMILES string of the molecule is CN(C)CCCOc1cccc(-c2cnn(C)c2)c1. The number of ether oxygens (including phenoxy) is 1. The van der Waals surface area contributed by atoms with Crippen LogP contribution in [0.25, 0.3) is 11.1 Å². The van der Waals surface area contributed by atoms with Crippen molar-refractivity contribution in [1.29, 1.82) is 0 Å². The third-order valence-corrected chi connectivity index (χ3v) is 2.89. The molecule has 0 amide bonds. The van der Waals surface area contributed by atoms with Gasteiger partial charge in [0.1, 0.15) is 5.75 Å². The Balaban J connectivity index is 1.96. The molecule has 0 radical (unpaired) electrons. The van der Waals surface area contributed by atoms with Crippen LogP contribution in [0.15, 0.2) is 36.7 Å². The van der Waals surface area contributed by atoms with Crippen LogP contribution in [0, 0.1) is 0 Å². The van der Waals surface area contributed by atoms with Crippen LogP contribution in [-0.2, 0) is 7.05 Å². The first-order chi connectivity index (χ1) is 9.15. The molecule has 0 spiro atoms. The maximum atomic E-state index is 5.77. The van der Waals surface area contributed by atoms with E-state index in [0.29, 0.717) is 0 Å². The van der Waals surface area contributed by atoms with Crippen LogP contribution in [0.1, 0.15) is 6.42 Å². The summed E-state index contributed by atoms with van der Waals surface area (Å²) in [4.78, 5) is 2.16. The minimum Gasteiger partial charge on any atom is -0.494 e. The molecule has 0 fully saturated rings. The molecule has 2 aromatic rings. The summed E-state index contributed by atoms with van der Waals surface area (Å²) in [6.07, 6.45) is 4.90. The molecule has 0 aliphatic heterocycles. The average molecular weight is 259 g/mol. The Hall–Kier alpha value is -1.81. The number of aryl methyl sites for hydroxylation is 1. The highest BCUT2D eigenvalue weighted by molar-refractivity contribution is 5.63.